The number of amides is 1. The number of aromatic nitrogens is 2. The van der Waals surface area contributed by atoms with Gasteiger partial charge in [-0.2, -0.15) is 0 Å². The van der Waals surface area contributed by atoms with Crippen LogP contribution in [0.4, 0.5) is 8.78 Å². The lowest BCUT2D eigenvalue weighted by molar-refractivity contribution is -0.139. The maximum Gasteiger partial charge on any atom is 0.295 e. The molecule has 0 radical (unpaired) electrons. The molecule has 1 saturated heterocycles. The number of aliphatic hydroxyl groups excluding tert-OH is 1. The smallest absolute Gasteiger partial charge is 0.295 e. The molecular weight excluding hydrogens is 432 g/mol. The van der Waals surface area contributed by atoms with Gasteiger partial charge < -0.3 is 19.3 Å². The van der Waals surface area contributed by atoms with Crippen molar-refractivity contribution >= 4 is 17.4 Å². The summed E-state index contributed by atoms with van der Waals surface area (Å²) in [4.78, 5) is 31.1. The molecular formula is C24H21F2N3O4. The topological polar surface area (TPSA) is 84.7 Å². The molecule has 7 nitrogen and oxygen atoms in total. The number of ketones is 1. The van der Waals surface area contributed by atoms with Crippen molar-refractivity contribution in [3.63, 3.8) is 0 Å². The lowest BCUT2D eigenvalue weighted by Gasteiger charge is -2.25. The summed E-state index contributed by atoms with van der Waals surface area (Å²) >= 11 is 0. The molecule has 0 saturated carbocycles. The monoisotopic (exact) mass is 453 g/mol. The average molecular weight is 453 g/mol. The van der Waals surface area contributed by atoms with E-state index in [-0.39, 0.29) is 23.4 Å². The zero-order valence-corrected chi connectivity index (χ0v) is 17.7. The first-order valence-corrected chi connectivity index (χ1v) is 10.2. The van der Waals surface area contributed by atoms with Gasteiger partial charge in [-0.25, -0.2) is 13.8 Å². The van der Waals surface area contributed by atoms with Crippen molar-refractivity contribution in [1.82, 2.24) is 14.5 Å². The number of methoxy groups -OCH3 is 1. The van der Waals surface area contributed by atoms with Crippen LogP contribution in [0.3, 0.4) is 0 Å². The van der Waals surface area contributed by atoms with Gasteiger partial charge >= 0.3 is 0 Å². The summed E-state index contributed by atoms with van der Waals surface area (Å²) in [5.74, 6) is -3.59. The number of Topliss-reactive ketones (excluding diaryl/α,β-unsaturated/α-hetero) is 1. The number of carbonyl (C=O) groups excluding carboxylic acids is 2. The Bertz CT molecular complexity index is 1220. The Morgan fingerprint density at radius 2 is 1.97 bits per heavy atom. The molecule has 33 heavy (non-hydrogen) atoms. The fraction of sp³-hybridized carbons (Fsp3) is 0.208. The lowest BCUT2D eigenvalue weighted by atomic mass is 9.95. The van der Waals surface area contributed by atoms with Gasteiger partial charge in [0.15, 0.2) is 11.6 Å². The Balaban J connectivity index is 1.75. The van der Waals surface area contributed by atoms with Gasteiger partial charge in [0.2, 0.25) is 0 Å². The number of benzene rings is 2. The SMILES string of the molecule is COc1ccc(/C(O)=C2\C(=O)C(=O)N(CCCn3ccnc3)C2c2cccc(F)c2)cc1F. The molecule has 1 unspecified atom stereocenters. The third-order valence-electron chi connectivity index (χ3n) is 5.50. The summed E-state index contributed by atoms with van der Waals surface area (Å²) in [6.07, 6.45) is 5.53. The predicted octanol–water partition coefficient (Wildman–Crippen LogP) is 3.68. The second-order valence-electron chi connectivity index (χ2n) is 7.55. The zero-order chi connectivity index (χ0) is 23.5. The van der Waals surface area contributed by atoms with Crippen molar-refractivity contribution < 1.29 is 28.2 Å². The number of imidazole rings is 1. The van der Waals surface area contributed by atoms with E-state index in [0.717, 1.165) is 6.07 Å². The molecule has 1 N–H and O–H groups in total. The highest BCUT2D eigenvalue weighted by molar-refractivity contribution is 6.46. The van der Waals surface area contributed by atoms with Gasteiger partial charge in [0.1, 0.15) is 11.6 Å². The fourth-order valence-electron chi connectivity index (χ4n) is 3.95. The van der Waals surface area contributed by atoms with E-state index < -0.39 is 35.1 Å². The van der Waals surface area contributed by atoms with Gasteiger partial charge in [0.05, 0.1) is 25.1 Å². The van der Waals surface area contributed by atoms with Crippen LogP contribution in [0.15, 0.2) is 66.8 Å². The molecule has 1 amide bonds. The van der Waals surface area contributed by atoms with Gasteiger partial charge in [0, 0.05) is 31.0 Å². The highest BCUT2D eigenvalue weighted by atomic mass is 19.1. The summed E-state index contributed by atoms with van der Waals surface area (Å²) in [5, 5.41) is 11.0. The first-order chi connectivity index (χ1) is 15.9. The van der Waals surface area contributed by atoms with Crippen LogP contribution in [-0.4, -0.2) is 44.9 Å². The van der Waals surface area contributed by atoms with Crippen molar-refractivity contribution in [1.29, 1.82) is 0 Å². The number of halogens is 2. The number of ether oxygens (including phenoxy) is 1. The van der Waals surface area contributed by atoms with Gasteiger partial charge in [-0.3, -0.25) is 9.59 Å². The second-order valence-corrected chi connectivity index (χ2v) is 7.55. The van der Waals surface area contributed by atoms with Gasteiger partial charge in [-0.1, -0.05) is 12.1 Å². The van der Waals surface area contributed by atoms with Crippen LogP contribution < -0.4 is 4.74 Å². The van der Waals surface area contributed by atoms with E-state index in [9.17, 15) is 23.5 Å². The molecule has 9 heteroatoms. The van der Waals surface area contributed by atoms with Gasteiger partial charge in [0.25, 0.3) is 11.7 Å². The summed E-state index contributed by atoms with van der Waals surface area (Å²) in [6.45, 7) is 0.722. The number of aliphatic hydroxyl groups is 1. The highest BCUT2D eigenvalue weighted by Crippen LogP contribution is 2.40. The van der Waals surface area contributed by atoms with Crippen LogP contribution >= 0.6 is 0 Å². The Kier molecular flexibility index (Phi) is 6.21. The Hall–Kier alpha value is -4.01. The van der Waals surface area contributed by atoms with Crippen LogP contribution in [0.5, 0.6) is 5.75 Å². The standard InChI is InChI=1S/C24H21F2N3O4/c1-33-19-7-6-16(13-18(19)26)22(30)20-21(15-4-2-5-17(25)12-15)29(24(32)23(20)31)10-3-9-28-11-8-27-14-28/h2,4-8,11-14,21,30H,3,9-10H2,1H3/b22-20+. The van der Waals surface area contributed by atoms with Crippen LogP contribution in [0.2, 0.25) is 0 Å². The van der Waals surface area contributed by atoms with E-state index in [1.165, 1.54) is 42.3 Å². The van der Waals surface area contributed by atoms with Gasteiger partial charge in [-0.05, 0) is 42.3 Å². The molecule has 170 valence electrons. The molecule has 2 heterocycles. The van der Waals surface area contributed by atoms with Crippen molar-refractivity contribution in [2.75, 3.05) is 13.7 Å². The Morgan fingerprint density at radius 3 is 2.64 bits per heavy atom. The molecule has 1 fully saturated rings. The molecule has 0 bridgehead atoms. The Morgan fingerprint density at radius 1 is 1.15 bits per heavy atom. The van der Waals surface area contributed by atoms with E-state index in [1.807, 2.05) is 4.57 Å². The van der Waals surface area contributed by atoms with Crippen molar-refractivity contribution in [3.8, 4) is 5.75 Å². The summed E-state index contributed by atoms with van der Waals surface area (Å²) < 4.78 is 35.0. The predicted molar refractivity (Wildman–Crippen MR) is 115 cm³/mol. The molecule has 1 aliphatic heterocycles. The Labute approximate surface area is 188 Å². The first-order valence-electron chi connectivity index (χ1n) is 10.2. The number of carbonyl (C=O) groups is 2. The largest absolute Gasteiger partial charge is 0.507 e. The zero-order valence-electron chi connectivity index (χ0n) is 17.7. The quantitative estimate of drug-likeness (QED) is 0.335. The lowest BCUT2D eigenvalue weighted by Crippen LogP contribution is -2.31. The van der Waals surface area contributed by atoms with E-state index in [2.05, 4.69) is 4.98 Å². The van der Waals surface area contributed by atoms with Crippen LogP contribution in [0.1, 0.15) is 23.6 Å². The maximum absolute atomic E-state index is 14.2. The highest BCUT2D eigenvalue weighted by Gasteiger charge is 2.45. The minimum absolute atomic E-state index is 0.00567. The van der Waals surface area contributed by atoms with E-state index >= 15 is 0 Å². The molecule has 1 aromatic heterocycles. The molecule has 3 aromatic rings. The molecule has 1 atom stereocenters. The molecule has 2 aromatic carbocycles. The van der Waals surface area contributed by atoms with Crippen LogP contribution in [-0.2, 0) is 16.1 Å². The van der Waals surface area contributed by atoms with E-state index in [0.29, 0.717) is 18.5 Å². The molecule has 1 aliphatic rings. The molecule has 0 spiro atoms. The number of hydrogen-bond donors (Lipinski definition) is 1. The third kappa shape index (κ3) is 4.34. The number of rotatable bonds is 7. The number of hydrogen-bond acceptors (Lipinski definition) is 5. The number of likely N-dealkylation sites (tertiary alicyclic amines) is 1. The number of aryl methyl sites for hydroxylation is 1. The number of nitrogens with zero attached hydrogens (tertiary/aromatic N) is 3. The van der Waals surface area contributed by atoms with Crippen molar-refractivity contribution in [2.24, 2.45) is 0 Å². The van der Waals surface area contributed by atoms with Gasteiger partial charge in [-0.15, -0.1) is 0 Å². The summed E-state index contributed by atoms with van der Waals surface area (Å²) in [6, 6.07) is 8.18. The minimum atomic E-state index is -1.02. The van der Waals surface area contributed by atoms with E-state index in [1.54, 1.807) is 24.8 Å². The molecule has 0 aliphatic carbocycles. The second kappa shape index (κ2) is 9.23. The minimum Gasteiger partial charge on any atom is -0.507 e. The average Bonchev–Trinajstić information content (AvgIpc) is 3.41. The van der Waals surface area contributed by atoms with Crippen LogP contribution in [0, 0.1) is 11.6 Å². The normalized spacial score (nSPS) is 17.5. The van der Waals surface area contributed by atoms with Crippen LogP contribution in [0.25, 0.3) is 5.76 Å². The maximum atomic E-state index is 14.2. The third-order valence-corrected chi connectivity index (χ3v) is 5.50. The fourth-order valence-corrected chi connectivity index (χ4v) is 3.95. The van der Waals surface area contributed by atoms with E-state index in [4.69, 9.17) is 4.74 Å². The first kappa shape index (κ1) is 22.2. The summed E-state index contributed by atoms with van der Waals surface area (Å²) in [5.41, 5.74) is 0.108. The van der Waals surface area contributed by atoms with Crippen molar-refractivity contribution in [3.05, 3.63) is 89.5 Å². The molecule has 4 rings (SSSR count). The summed E-state index contributed by atoms with van der Waals surface area (Å²) in [7, 11) is 1.30. The van der Waals surface area contributed by atoms with Crippen molar-refractivity contribution in [2.45, 2.75) is 19.0 Å².